The van der Waals surface area contributed by atoms with Gasteiger partial charge >= 0.3 is 0 Å². The van der Waals surface area contributed by atoms with E-state index in [4.69, 9.17) is 23.2 Å². The van der Waals surface area contributed by atoms with E-state index in [9.17, 15) is 8.78 Å². The number of halogens is 4. The molecule has 0 fully saturated rings. The van der Waals surface area contributed by atoms with E-state index < -0.39 is 11.9 Å². The smallest absolute Gasteiger partial charge is 0.142 e. The molecular weight excluding hydrogens is 303 g/mol. The summed E-state index contributed by atoms with van der Waals surface area (Å²) in [4.78, 5) is 0. The highest BCUT2D eigenvalue weighted by atomic mass is 35.5. The highest BCUT2D eigenvalue weighted by Gasteiger charge is 2.20. The fraction of sp³-hybridized carbons (Fsp3) is 0.200. The number of benzene rings is 2. The van der Waals surface area contributed by atoms with E-state index in [-0.39, 0.29) is 15.9 Å². The molecule has 2 aromatic rings. The Bertz CT molecular complexity index is 644. The Morgan fingerprint density at radius 3 is 2.40 bits per heavy atom. The van der Waals surface area contributed by atoms with Crippen LogP contribution < -0.4 is 5.32 Å². The lowest BCUT2D eigenvalue weighted by atomic mass is 9.97. The molecule has 0 saturated carbocycles. The number of aryl methyl sites for hydroxylation is 1. The van der Waals surface area contributed by atoms with Gasteiger partial charge in [0.1, 0.15) is 11.6 Å². The Hall–Kier alpha value is -1.16. The molecule has 5 heteroatoms. The lowest BCUT2D eigenvalue weighted by molar-refractivity contribution is 0.609. The summed E-state index contributed by atoms with van der Waals surface area (Å²) >= 11 is 12.1. The third kappa shape index (κ3) is 2.80. The number of hydrogen-bond acceptors (Lipinski definition) is 1. The molecule has 1 nitrogen and oxygen atoms in total. The second-order valence-electron chi connectivity index (χ2n) is 4.49. The summed E-state index contributed by atoms with van der Waals surface area (Å²) in [5.74, 6) is -0.877. The van der Waals surface area contributed by atoms with E-state index in [1.807, 2.05) is 0 Å². The van der Waals surface area contributed by atoms with E-state index >= 15 is 0 Å². The first-order valence-corrected chi connectivity index (χ1v) is 6.78. The van der Waals surface area contributed by atoms with Gasteiger partial charge in [-0.15, -0.1) is 0 Å². The summed E-state index contributed by atoms with van der Waals surface area (Å²) in [6.07, 6.45) is 0. The molecule has 0 aliphatic carbocycles. The average Bonchev–Trinajstić information content (AvgIpc) is 2.41. The minimum Gasteiger partial charge on any atom is -0.309 e. The zero-order valence-electron chi connectivity index (χ0n) is 11.0. The molecule has 0 saturated heterocycles. The van der Waals surface area contributed by atoms with Crippen molar-refractivity contribution < 1.29 is 8.78 Å². The third-order valence-electron chi connectivity index (χ3n) is 3.17. The normalized spacial score (nSPS) is 12.5. The first-order valence-electron chi connectivity index (χ1n) is 6.02. The Morgan fingerprint density at radius 1 is 1.05 bits per heavy atom. The van der Waals surface area contributed by atoms with Gasteiger partial charge < -0.3 is 5.32 Å². The van der Waals surface area contributed by atoms with Crippen LogP contribution in [0, 0.1) is 18.6 Å². The van der Waals surface area contributed by atoms with Gasteiger partial charge in [-0.1, -0.05) is 35.3 Å². The predicted molar refractivity (Wildman–Crippen MR) is 78.5 cm³/mol. The van der Waals surface area contributed by atoms with Crippen LogP contribution in [0.2, 0.25) is 10.0 Å². The molecule has 20 heavy (non-hydrogen) atoms. The Labute approximate surface area is 126 Å². The third-order valence-corrected chi connectivity index (χ3v) is 3.90. The summed E-state index contributed by atoms with van der Waals surface area (Å²) in [5.41, 5.74) is 1.68. The topological polar surface area (TPSA) is 12.0 Å². The van der Waals surface area contributed by atoms with Gasteiger partial charge in [0.25, 0.3) is 0 Å². The van der Waals surface area contributed by atoms with Crippen LogP contribution in [0.5, 0.6) is 0 Å². The second-order valence-corrected chi connectivity index (χ2v) is 5.27. The second kappa shape index (κ2) is 6.08. The van der Waals surface area contributed by atoms with Crippen LogP contribution in [0.4, 0.5) is 8.78 Å². The van der Waals surface area contributed by atoms with Crippen LogP contribution in [0.15, 0.2) is 30.3 Å². The maximum absolute atomic E-state index is 13.6. The van der Waals surface area contributed by atoms with Crippen LogP contribution in [0.1, 0.15) is 22.7 Å². The number of rotatable bonds is 3. The van der Waals surface area contributed by atoms with Gasteiger partial charge in [-0.05, 0) is 48.9 Å². The van der Waals surface area contributed by atoms with Gasteiger partial charge in [0, 0.05) is 5.02 Å². The molecule has 0 radical (unpaired) electrons. The van der Waals surface area contributed by atoms with Crippen molar-refractivity contribution in [3.8, 4) is 0 Å². The first-order chi connectivity index (χ1) is 9.45. The molecule has 106 valence electrons. The van der Waals surface area contributed by atoms with Crippen molar-refractivity contribution in [3.05, 3.63) is 68.7 Å². The molecule has 0 aliphatic rings. The highest BCUT2D eigenvalue weighted by molar-refractivity contribution is 6.32. The predicted octanol–water partition coefficient (Wildman–Crippen LogP) is 4.89. The summed E-state index contributed by atoms with van der Waals surface area (Å²) in [7, 11) is 1.71. The van der Waals surface area contributed by atoms with Crippen LogP contribution in [-0.2, 0) is 0 Å². The fourth-order valence-corrected chi connectivity index (χ4v) is 2.62. The minimum absolute atomic E-state index is 0.0323. The van der Waals surface area contributed by atoms with E-state index in [1.165, 1.54) is 12.1 Å². The molecule has 2 rings (SSSR count). The largest absolute Gasteiger partial charge is 0.309 e. The first kappa shape index (κ1) is 15.2. The highest BCUT2D eigenvalue weighted by Crippen LogP contribution is 2.34. The van der Waals surface area contributed by atoms with E-state index in [0.29, 0.717) is 16.7 Å². The maximum Gasteiger partial charge on any atom is 0.142 e. The van der Waals surface area contributed by atoms with Crippen molar-refractivity contribution in [1.29, 1.82) is 0 Å². The van der Waals surface area contributed by atoms with Crippen molar-refractivity contribution in [2.75, 3.05) is 7.05 Å². The van der Waals surface area contributed by atoms with Gasteiger partial charge in [-0.25, -0.2) is 8.78 Å². The average molecular weight is 316 g/mol. The molecule has 0 aliphatic heterocycles. The summed E-state index contributed by atoms with van der Waals surface area (Å²) in [5, 5.41) is 3.34. The van der Waals surface area contributed by atoms with Crippen LogP contribution in [0.25, 0.3) is 0 Å². The number of nitrogens with one attached hydrogen (secondary N) is 1. The van der Waals surface area contributed by atoms with Gasteiger partial charge in [0.05, 0.1) is 11.1 Å². The fourth-order valence-electron chi connectivity index (χ4n) is 2.12. The molecule has 0 bridgehead atoms. The van der Waals surface area contributed by atoms with Gasteiger partial charge in [0.15, 0.2) is 0 Å². The lowest BCUT2D eigenvalue weighted by Gasteiger charge is -2.20. The Morgan fingerprint density at radius 2 is 1.75 bits per heavy atom. The quantitative estimate of drug-likeness (QED) is 0.850. The molecule has 0 aromatic heterocycles. The van der Waals surface area contributed by atoms with Crippen molar-refractivity contribution in [3.63, 3.8) is 0 Å². The van der Waals surface area contributed by atoms with Crippen LogP contribution in [-0.4, -0.2) is 7.05 Å². The molecule has 1 unspecified atom stereocenters. The van der Waals surface area contributed by atoms with E-state index in [1.54, 1.807) is 32.2 Å². The van der Waals surface area contributed by atoms with Crippen molar-refractivity contribution in [1.82, 2.24) is 5.32 Å². The van der Waals surface area contributed by atoms with E-state index in [0.717, 1.165) is 0 Å². The SMILES string of the molecule is CNC(c1cc(C)c(F)cc1Cl)c1cccc(F)c1Cl. The van der Waals surface area contributed by atoms with E-state index in [2.05, 4.69) is 5.32 Å². The molecule has 0 spiro atoms. The van der Waals surface area contributed by atoms with Gasteiger partial charge in [-0.3, -0.25) is 0 Å². The molecule has 1 atom stereocenters. The minimum atomic E-state index is -0.501. The number of hydrogen-bond donors (Lipinski definition) is 1. The van der Waals surface area contributed by atoms with Crippen molar-refractivity contribution >= 4 is 23.2 Å². The molecule has 2 aromatic carbocycles. The summed E-state index contributed by atoms with van der Waals surface area (Å²) < 4.78 is 27.1. The van der Waals surface area contributed by atoms with Crippen LogP contribution >= 0.6 is 23.2 Å². The van der Waals surface area contributed by atoms with Gasteiger partial charge in [0.2, 0.25) is 0 Å². The molecule has 1 N–H and O–H groups in total. The van der Waals surface area contributed by atoms with Crippen LogP contribution in [0.3, 0.4) is 0 Å². The van der Waals surface area contributed by atoms with Crippen molar-refractivity contribution in [2.45, 2.75) is 13.0 Å². The van der Waals surface area contributed by atoms with Crippen molar-refractivity contribution in [2.24, 2.45) is 0 Å². The maximum atomic E-state index is 13.6. The zero-order valence-corrected chi connectivity index (χ0v) is 12.5. The summed E-state index contributed by atoms with van der Waals surface area (Å²) in [6.45, 7) is 1.65. The molecular formula is C15H13Cl2F2N. The lowest BCUT2D eigenvalue weighted by Crippen LogP contribution is -2.19. The monoisotopic (exact) mass is 315 g/mol. The Balaban J connectivity index is 2.58. The van der Waals surface area contributed by atoms with Gasteiger partial charge in [-0.2, -0.15) is 0 Å². The Kier molecular flexibility index (Phi) is 4.63. The standard InChI is InChI=1S/C15H13Cl2F2N/c1-8-6-10(11(16)7-13(8)19)15(20-2)9-4-3-5-12(18)14(9)17/h3-7,15,20H,1-2H3. The summed E-state index contributed by atoms with van der Waals surface area (Å²) in [6, 6.07) is 7.05. The zero-order chi connectivity index (χ0) is 14.9. The molecule has 0 amide bonds. The molecule has 0 heterocycles.